The van der Waals surface area contributed by atoms with Gasteiger partial charge in [-0.3, -0.25) is 9.46 Å². The van der Waals surface area contributed by atoms with Crippen LogP contribution in [0.5, 0.6) is 23.1 Å². The number of benzene rings is 4. The van der Waals surface area contributed by atoms with Gasteiger partial charge in [-0.05, 0) is 91.7 Å². The summed E-state index contributed by atoms with van der Waals surface area (Å²) in [5.74, 6) is -0.0532. The third kappa shape index (κ3) is 9.55. The molecule has 18 heteroatoms. The Hall–Kier alpha value is -5.80. The van der Waals surface area contributed by atoms with Crippen molar-refractivity contribution in [3.8, 4) is 56.1 Å². The fraction of sp³-hybridized carbons (Fsp3) is 0.271. The van der Waals surface area contributed by atoms with Gasteiger partial charge in [-0.2, -0.15) is 0 Å². The molecule has 6 heterocycles. The predicted octanol–water partition coefficient (Wildman–Crippen LogP) is 9.50. The zero-order chi connectivity index (χ0) is 46.1. The molecule has 13 nitrogen and oxygen atoms in total. The summed E-state index contributed by atoms with van der Waals surface area (Å²) in [6.07, 6.45) is 0.763. The van der Waals surface area contributed by atoms with Crippen molar-refractivity contribution in [1.82, 2.24) is 29.7 Å². The molecule has 1 fully saturated rings. The molecule has 4 aromatic carbocycles. The van der Waals surface area contributed by atoms with Gasteiger partial charge in [0, 0.05) is 72.2 Å². The quantitative estimate of drug-likeness (QED) is 0.137. The van der Waals surface area contributed by atoms with Crippen LogP contribution in [-0.4, -0.2) is 99.4 Å². The van der Waals surface area contributed by atoms with Crippen LogP contribution in [0.1, 0.15) is 22.4 Å². The molecular weight excluding hydrogens is 926 g/mol. The summed E-state index contributed by atoms with van der Waals surface area (Å²) in [5.41, 5.74) is 5.01. The van der Waals surface area contributed by atoms with Gasteiger partial charge in [-0.1, -0.05) is 47.5 Å². The first kappa shape index (κ1) is 45.4. The molecule has 0 amide bonds. The second-order valence-corrected chi connectivity index (χ2v) is 18.6. The van der Waals surface area contributed by atoms with Gasteiger partial charge in [-0.15, -0.1) is 11.3 Å². The van der Waals surface area contributed by atoms with Crippen molar-refractivity contribution < 1.29 is 37.8 Å². The van der Waals surface area contributed by atoms with Crippen LogP contribution in [0.4, 0.5) is 4.39 Å². The van der Waals surface area contributed by atoms with Crippen LogP contribution < -0.4 is 24.3 Å². The number of ether oxygens (including phenoxy) is 4. The lowest BCUT2D eigenvalue weighted by atomic mass is 9.92. The molecule has 0 aliphatic carbocycles. The van der Waals surface area contributed by atoms with Gasteiger partial charge in [0.25, 0.3) is 0 Å². The molecule has 2 atom stereocenters. The van der Waals surface area contributed by atoms with Crippen LogP contribution in [0.2, 0.25) is 10.0 Å². The van der Waals surface area contributed by atoms with Gasteiger partial charge in [0.15, 0.2) is 20.0 Å². The highest BCUT2D eigenvalue weighted by molar-refractivity contribution is 7.34. The largest absolute Gasteiger partial charge is 0.490 e. The highest BCUT2D eigenvalue weighted by Crippen LogP contribution is 2.53. The van der Waals surface area contributed by atoms with Crippen LogP contribution in [0.15, 0.2) is 85.3 Å². The van der Waals surface area contributed by atoms with Crippen molar-refractivity contribution in [3.63, 3.8) is 0 Å². The third-order valence-corrected chi connectivity index (χ3v) is 14.2. The minimum atomic E-state index is -1.48. The number of piperazine rings is 1. The number of nitrogens with zero attached hydrogens (tertiary/aromatic N) is 6. The topological polar surface area (TPSA) is 149 Å². The van der Waals surface area contributed by atoms with E-state index in [-0.39, 0.29) is 44.0 Å². The van der Waals surface area contributed by atoms with Crippen molar-refractivity contribution >= 4 is 64.5 Å². The summed E-state index contributed by atoms with van der Waals surface area (Å²) in [6.45, 7) is 7.80. The van der Waals surface area contributed by atoms with Crippen LogP contribution in [0.25, 0.3) is 43.2 Å². The van der Waals surface area contributed by atoms with E-state index in [1.165, 1.54) is 29.8 Å². The van der Waals surface area contributed by atoms with E-state index in [1.54, 1.807) is 66.9 Å². The first-order valence-corrected chi connectivity index (χ1v) is 23.5. The molecule has 3 aromatic heterocycles. The molecule has 1 N–H and O–H groups in total. The Kier molecular flexibility index (Phi) is 13.5. The second kappa shape index (κ2) is 19.6. The van der Waals surface area contributed by atoms with E-state index in [0.717, 1.165) is 31.7 Å². The molecule has 0 spiro atoms. The van der Waals surface area contributed by atoms with E-state index in [1.807, 2.05) is 13.8 Å². The molecule has 0 radical (unpaired) electrons. The Morgan fingerprint density at radius 2 is 1.65 bits per heavy atom. The lowest BCUT2D eigenvalue weighted by Gasteiger charge is -2.35. The minimum absolute atomic E-state index is 0.0149. The molecule has 3 aliphatic rings. The molecule has 1 saturated heterocycles. The van der Waals surface area contributed by atoms with E-state index in [2.05, 4.69) is 31.8 Å². The number of rotatable bonds is 9. The normalized spacial score (nSPS) is 16.9. The maximum atomic E-state index is 14.4. The van der Waals surface area contributed by atoms with Gasteiger partial charge in [0.05, 0.1) is 21.1 Å². The van der Waals surface area contributed by atoms with Crippen LogP contribution in [-0.2, 0) is 22.4 Å². The summed E-state index contributed by atoms with van der Waals surface area (Å²) in [5, 5.41) is 12.5. The van der Waals surface area contributed by atoms with Crippen LogP contribution >= 0.6 is 43.0 Å². The number of carboxylic acids is 1. The number of thiophene rings is 1. The van der Waals surface area contributed by atoms with Crippen LogP contribution in [0, 0.1) is 19.7 Å². The summed E-state index contributed by atoms with van der Waals surface area (Å²) < 4.78 is 51.9. The molecule has 4 bridgehead atoms. The summed E-state index contributed by atoms with van der Waals surface area (Å²) >= 11 is 16.0. The number of hydrogen-bond donors (Lipinski definition) is 1. The first-order valence-electron chi connectivity index (χ1n) is 21.1. The second-order valence-electron chi connectivity index (χ2n) is 16.1. The smallest absolute Gasteiger partial charge is 0.345 e. The number of fused-ring (bicyclic) bond motifs is 7. The van der Waals surface area contributed by atoms with Gasteiger partial charge in [0.2, 0.25) is 12.0 Å². The van der Waals surface area contributed by atoms with Gasteiger partial charge in [-0.25, -0.2) is 29.1 Å². The Bertz CT molecular complexity index is 2930. The Morgan fingerprint density at radius 1 is 0.924 bits per heavy atom. The predicted molar refractivity (Wildman–Crippen MR) is 253 cm³/mol. The Morgan fingerprint density at radius 3 is 2.36 bits per heavy atom. The molecule has 0 unspecified atom stereocenters. The van der Waals surface area contributed by atoms with Gasteiger partial charge < -0.3 is 29.0 Å². The summed E-state index contributed by atoms with van der Waals surface area (Å²) in [4.78, 5) is 37.4. The van der Waals surface area contributed by atoms with Crippen LogP contribution in [0.3, 0.4) is 0 Å². The van der Waals surface area contributed by atoms with E-state index in [9.17, 15) is 18.9 Å². The fourth-order valence-corrected chi connectivity index (χ4v) is 10.1. The molecule has 7 aromatic rings. The van der Waals surface area contributed by atoms with E-state index in [4.69, 9.17) is 47.1 Å². The number of halogens is 3. The van der Waals surface area contributed by atoms with E-state index in [0.29, 0.717) is 89.1 Å². The third-order valence-electron chi connectivity index (χ3n) is 11.7. The van der Waals surface area contributed by atoms with Crippen molar-refractivity contribution in [2.24, 2.45) is 0 Å². The van der Waals surface area contributed by atoms with Crippen molar-refractivity contribution in [2.75, 3.05) is 46.4 Å². The first-order chi connectivity index (χ1) is 31.9. The maximum Gasteiger partial charge on any atom is 0.345 e. The number of aromatic nitrogens is 4. The molecule has 338 valence electrons. The monoisotopic (exact) mass is 966 g/mol. The number of aliphatic carboxylic acids is 1. The summed E-state index contributed by atoms with van der Waals surface area (Å²) in [6, 6.07) is 20.1. The van der Waals surface area contributed by atoms with Crippen molar-refractivity contribution in [3.05, 3.63) is 124 Å². The fourth-order valence-electron chi connectivity index (χ4n) is 8.15. The minimum Gasteiger partial charge on any atom is -0.490 e. The Balaban J connectivity index is 1.16. The highest BCUT2D eigenvalue weighted by atomic mass is 35.5. The molecule has 66 heavy (non-hydrogen) atoms. The maximum absolute atomic E-state index is 14.4. The average Bonchev–Trinajstić information content (AvgIpc) is 3.71. The molecular formula is C48H42Cl2FN6O7PS. The van der Waals surface area contributed by atoms with Gasteiger partial charge in [0.1, 0.15) is 47.8 Å². The number of carboxylic acid groups (broad SMARTS) is 1. The van der Waals surface area contributed by atoms with E-state index < -0.39 is 24.0 Å². The SMILES string of the molecule is Cc1c(Cl)c2c(Cl)c(C)c1-c1c(-c3ccc(F)cc3)sc3ncnc(c13)O[C@@H](C(=O)O)Cc1cc(ccc1OCc1ccnc(-c3ccc(P=O)cc3)n1)OC[C@@H](CN1CCN(C)CC1)O2. The number of hydrogen-bond acceptors (Lipinski definition) is 13. The average molecular weight is 968 g/mol. The lowest BCUT2D eigenvalue weighted by Crippen LogP contribution is -2.49. The number of carbonyl (C=O) groups is 1. The molecule has 3 aliphatic heterocycles. The molecule has 10 rings (SSSR count). The van der Waals surface area contributed by atoms with Crippen molar-refractivity contribution in [1.29, 1.82) is 0 Å². The zero-order valence-electron chi connectivity index (χ0n) is 36.0. The van der Waals surface area contributed by atoms with E-state index >= 15 is 0 Å². The highest BCUT2D eigenvalue weighted by Gasteiger charge is 2.32. The van der Waals surface area contributed by atoms with Gasteiger partial charge >= 0.3 is 5.97 Å². The number of likely N-dealkylation sites (N-methyl/N-ethyl adjacent to an activating group) is 1. The Labute approximate surface area is 395 Å². The standard InChI is InChI=1S/C48H42Cl2FN6O7PS/c1-26-38-27(2)42(50)43(41(26)49)63-34(22-57-18-16-56(3)17-19-57)24-61-33-10-13-36(62-23-32-14-15-52-45(55-32)29-6-11-35(65-60)12-7-29)30(20-33)21-37(48(58)59)64-46-40-39(38)44(66-47(40)54-25-53-46)28-4-8-31(51)9-5-28/h4-15,20,25,34,37H,16-19,21-24H2,1-3H3,(H,58,59)/t34-,37-/m1/s1. The lowest BCUT2D eigenvalue weighted by molar-refractivity contribution is -0.145. The summed E-state index contributed by atoms with van der Waals surface area (Å²) in [7, 11) is 2.01. The molecule has 0 saturated carbocycles. The zero-order valence-corrected chi connectivity index (χ0v) is 39.2. The van der Waals surface area contributed by atoms with Crippen molar-refractivity contribution in [2.45, 2.75) is 39.1 Å².